The number of rotatable bonds is 7. The second-order valence-corrected chi connectivity index (χ2v) is 6.65. The van der Waals surface area contributed by atoms with E-state index in [0.29, 0.717) is 11.8 Å². The lowest BCUT2D eigenvalue weighted by Crippen LogP contribution is -2.27. The molecule has 2 aromatic rings. The highest BCUT2D eigenvalue weighted by atomic mass is 16.3. The van der Waals surface area contributed by atoms with Crippen molar-refractivity contribution in [2.75, 3.05) is 11.9 Å². The van der Waals surface area contributed by atoms with Gasteiger partial charge in [0.1, 0.15) is 0 Å². The maximum absolute atomic E-state index is 12.3. The van der Waals surface area contributed by atoms with Crippen LogP contribution in [0.3, 0.4) is 0 Å². The summed E-state index contributed by atoms with van der Waals surface area (Å²) in [4.78, 5) is 24.1. The van der Waals surface area contributed by atoms with E-state index in [0.717, 1.165) is 16.8 Å². The van der Waals surface area contributed by atoms with Crippen LogP contribution in [0.2, 0.25) is 0 Å². The first kappa shape index (κ1) is 18.8. The number of hydrogen-bond donors (Lipinski definition) is 2. The minimum atomic E-state index is -0.316. The molecule has 0 saturated heterocycles. The number of para-hydroxylation sites is 1. The maximum Gasteiger partial charge on any atom is 0.286 e. The molecule has 1 aromatic carbocycles. The lowest BCUT2D eigenvalue weighted by Gasteiger charge is -2.20. The molecule has 1 heterocycles. The van der Waals surface area contributed by atoms with Gasteiger partial charge < -0.3 is 15.1 Å². The SMILES string of the molecule is CC(C)c1cccc(C(C)C)c1NC(=O)CCNC(=O)c1ccco1. The molecule has 0 bridgehead atoms. The van der Waals surface area contributed by atoms with Crippen LogP contribution in [0.4, 0.5) is 5.69 Å². The lowest BCUT2D eigenvalue weighted by molar-refractivity contribution is -0.116. The molecule has 1 aromatic heterocycles. The van der Waals surface area contributed by atoms with Crippen LogP contribution < -0.4 is 10.6 Å². The largest absolute Gasteiger partial charge is 0.459 e. The molecule has 2 amide bonds. The number of hydrogen-bond acceptors (Lipinski definition) is 3. The van der Waals surface area contributed by atoms with Crippen molar-refractivity contribution in [3.8, 4) is 0 Å². The zero-order chi connectivity index (χ0) is 18.4. The number of carbonyl (C=O) groups is 2. The fourth-order valence-corrected chi connectivity index (χ4v) is 2.68. The van der Waals surface area contributed by atoms with Gasteiger partial charge in [0.05, 0.1) is 6.26 Å². The van der Waals surface area contributed by atoms with E-state index in [1.807, 2.05) is 18.2 Å². The molecule has 0 saturated carbocycles. The van der Waals surface area contributed by atoms with Crippen LogP contribution in [0, 0.1) is 0 Å². The quantitative estimate of drug-likeness (QED) is 0.788. The summed E-state index contributed by atoms with van der Waals surface area (Å²) < 4.78 is 5.02. The third kappa shape index (κ3) is 4.95. The molecule has 0 aliphatic heterocycles. The van der Waals surface area contributed by atoms with Crippen LogP contribution in [-0.2, 0) is 4.79 Å². The van der Waals surface area contributed by atoms with Crippen molar-refractivity contribution in [3.63, 3.8) is 0 Å². The number of furan rings is 1. The molecule has 5 heteroatoms. The molecule has 2 N–H and O–H groups in total. The van der Waals surface area contributed by atoms with Crippen molar-refractivity contribution in [3.05, 3.63) is 53.5 Å². The summed E-state index contributed by atoms with van der Waals surface area (Å²) in [6.07, 6.45) is 1.65. The normalized spacial score (nSPS) is 11.0. The van der Waals surface area contributed by atoms with Crippen LogP contribution in [0.1, 0.15) is 67.6 Å². The van der Waals surface area contributed by atoms with E-state index >= 15 is 0 Å². The fourth-order valence-electron chi connectivity index (χ4n) is 2.68. The highest BCUT2D eigenvalue weighted by molar-refractivity contribution is 5.94. The molecule has 5 nitrogen and oxygen atoms in total. The van der Waals surface area contributed by atoms with Gasteiger partial charge in [-0.25, -0.2) is 0 Å². The van der Waals surface area contributed by atoms with Crippen LogP contribution in [-0.4, -0.2) is 18.4 Å². The molecule has 0 fully saturated rings. The predicted octanol–water partition coefficient (Wildman–Crippen LogP) is 4.29. The Morgan fingerprint density at radius 1 is 1.00 bits per heavy atom. The Labute approximate surface area is 148 Å². The molecule has 0 aliphatic carbocycles. The summed E-state index contributed by atoms with van der Waals surface area (Å²) in [7, 11) is 0. The van der Waals surface area contributed by atoms with Gasteiger partial charge in [-0.15, -0.1) is 0 Å². The molecule has 0 atom stereocenters. The Morgan fingerprint density at radius 3 is 2.16 bits per heavy atom. The molecule has 0 unspecified atom stereocenters. The van der Waals surface area contributed by atoms with Gasteiger partial charge in [0, 0.05) is 18.7 Å². The standard InChI is InChI=1S/C20H26N2O3/c1-13(2)15-7-5-8-16(14(3)4)19(15)22-18(23)10-11-21-20(24)17-9-6-12-25-17/h5-9,12-14H,10-11H2,1-4H3,(H,21,24)(H,22,23). The van der Waals surface area contributed by atoms with Crippen LogP contribution >= 0.6 is 0 Å². The van der Waals surface area contributed by atoms with E-state index in [1.54, 1.807) is 12.1 Å². The molecular weight excluding hydrogens is 316 g/mol. The first-order valence-electron chi connectivity index (χ1n) is 8.64. The Kier molecular flexibility index (Phi) is 6.39. The summed E-state index contributed by atoms with van der Waals surface area (Å²) in [6, 6.07) is 9.36. The van der Waals surface area contributed by atoms with Gasteiger partial charge in [0.25, 0.3) is 5.91 Å². The number of benzene rings is 1. The number of anilines is 1. The molecule has 2 rings (SSSR count). The van der Waals surface area contributed by atoms with Gasteiger partial charge in [-0.3, -0.25) is 9.59 Å². The fraction of sp³-hybridized carbons (Fsp3) is 0.400. The lowest BCUT2D eigenvalue weighted by atomic mass is 9.92. The zero-order valence-corrected chi connectivity index (χ0v) is 15.3. The second kappa shape index (κ2) is 8.51. The van der Waals surface area contributed by atoms with Gasteiger partial charge in [-0.2, -0.15) is 0 Å². The van der Waals surface area contributed by atoms with E-state index in [-0.39, 0.29) is 30.5 Å². The Morgan fingerprint density at radius 2 is 1.64 bits per heavy atom. The van der Waals surface area contributed by atoms with Crippen molar-refractivity contribution in [2.45, 2.75) is 46.0 Å². The first-order chi connectivity index (χ1) is 11.9. The minimum absolute atomic E-state index is 0.116. The maximum atomic E-state index is 12.3. The van der Waals surface area contributed by atoms with E-state index in [9.17, 15) is 9.59 Å². The van der Waals surface area contributed by atoms with Gasteiger partial charge in [0.15, 0.2) is 5.76 Å². The molecule has 0 radical (unpaired) electrons. The van der Waals surface area contributed by atoms with Crippen molar-refractivity contribution in [1.82, 2.24) is 5.32 Å². The minimum Gasteiger partial charge on any atom is -0.459 e. The summed E-state index contributed by atoms with van der Waals surface area (Å²) >= 11 is 0. The van der Waals surface area contributed by atoms with Crippen molar-refractivity contribution in [1.29, 1.82) is 0 Å². The average Bonchev–Trinajstić information content (AvgIpc) is 3.09. The van der Waals surface area contributed by atoms with E-state index in [2.05, 4.69) is 38.3 Å². The number of nitrogens with one attached hydrogen (secondary N) is 2. The third-order valence-corrected chi connectivity index (χ3v) is 4.02. The monoisotopic (exact) mass is 342 g/mol. The van der Waals surface area contributed by atoms with Crippen LogP contribution in [0.15, 0.2) is 41.0 Å². The molecular formula is C20H26N2O3. The summed E-state index contributed by atoms with van der Waals surface area (Å²) in [5.74, 6) is 0.436. The molecule has 25 heavy (non-hydrogen) atoms. The summed E-state index contributed by atoms with van der Waals surface area (Å²) in [5.41, 5.74) is 3.15. The van der Waals surface area contributed by atoms with Gasteiger partial charge in [-0.1, -0.05) is 45.9 Å². The number of amides is 2. The highest BCUT2D eigenvalue weighted by Crippen LogP contribution is 2.32. The van der Waals surface area contributed by atoms with Crippen molar-refractivity contribution < 1.29 is 14.0 Å². The topological polar surface area (TPSA) is 71.3 Å². The summed E-state index contributed by atoms with van der Waals surface area (Å²) in [5, 5.41) is 5.72. The summed E-state index contributed by atoms with van der Waals surface area (Å²) in [6.45, 7) is 8.70. The van der Waals surface area contributed by atoms with Gasteiger partial charge in [-0.05, 0) is 35.1 Å². The third-order valence-electron chi connectivity index (χ3n) is 4.02. The molecule has 0 aliphatic rings. The zero-order valence-electron chi connectivity index (χ0n) is 15.3. The molecule has 134 valence electrons. The van der Waals surface area contributed by atoms with Gasteiger partial charge >= 0.3 is 0 Å². The van der Waals surface area contributed by atoms with E-state index in [1.165, 1.54) is 6.26 Å². The van der Waals surface area contributed by atoms with E-state index in [4.69, 9.17) is 4.42 Å². The van der Waals surface area contributed by atoms with Crippen LogP contribution in [0.5, 0.6) is 0 Å². The van der Waals surface area contributed by atoms with Gasteiger partial charge in [0.2, 0.25) is 5.91 Å². The second-order valence-electron chi connectivity index (χ2n) is 6.65. The molecule has 0 spiro atoms. The smallest absolute Gasteiger partial charge is 0.286 e. The highest BCUT2D eigenvalue weighted by Gasteiger charge is 2.16. The van der Waals surface area contributed by atoms with Crippen molar-refractivity contribution in [2.24, 2.45) is 0 Å². The van der Waals surface area contributed by atoms with E-state index < -0.39 is 0 Å². The van der Waals surface area contributed by atoms with Crippen molar-refractivity contribution >= 4 is 17.5 Å². The van der Waals surface area contributed by atoms with Crippen LogP contribution in [0.25, 0.3) is 0 Å². The predicted molar refractivity (Wildman–Crippen MR) is 98.9 cm³/mol. The number of carbonyl (C=O) groups excluding carboxylic acids is 2. The Balaban J connectivity index is 1.99. The Bertz CT molecular complexity index is 692. The Hall–Kier alpha value is -2.56. The average molecular weight is 342 g/mol. The first-order valence-corrected chi connectivity index (χ1v) is 8.64.